The lowest BCUT2D eigenvalue weighted by atomic mass is 9.97. The SMILES string of the molecule is COc1cc(F)c([C@H]2CCN2)c(F)c1. The molecule has 1 aliphatic heterocycles. The Morgan fingerprint density at radius 2 is 1.93 bits per heavy atom. The topological polar surface area (TPSA) is 21.3 Å². The van der Waals surface area contributed by atoms with Gasteiger partial charge in [0.15, 0.2) is 0 Å². The van der Waals surface area contributed by atoms with Crippen LogP contribution in [0.4, 0.5) is 8.78 Å². The van der Waals surface area contributed by atoms with Crippen molar-refractivity contribution in [2.45, 2.75) is 12.5 Å². The predicted octanol–water partition coefficient (Wildman–Crippen LogP) is 2.01. The fourth-order valence-electron chi connectivity index (χ4n) is 1.55. The highest BCUT2D eigenvalue weighted by Gasteiger charge is 2.25. The minimum absolute atomic E-state index is 0.122. The van der Waals surface area contributed by atoms with Gasteiger partial charge in [-0.2, -0.15) is 0 Å². The van der Waals surface area contributed by atoms with Gasteiger partial charge in [0.2, 0.25) is 0 Å². The van der Waals surface area contributed by atoms with E-state index in [-0.39, 0.29) is 17.4 Å². The van der Waals surface area contributed by atoms with E-state index in [1.807, 2.05) is 0 Å². The van der Waals surface area contributed by atoms with Crippen molar-refractivity contribution in [3.05, 3.63) is 29.3 Å². The van der Waals surface area contributed by atoms with E-state index in [0.29, 0.717) is 0 Å². The van der Waals surface area contributed by atoms with Crippen LogP contribution in [-0.4, -0.2) is 13.7 Å². The molecule has 0 saturated carbocycles. The van der Waals surface area contributed by atoms with E-state index in [0.717, 1.165) is 13.0 Å². The zero-order valence-electron chi connectivity index (χ0n) is 7.81. The maximum Gasteiger partial charge on any atom is 0.134 e. The predicted molar refractivity (Wildman–Crippen MR) is 48.3 cm³/mol. The van der Waals surface area contributed by atoms with E-state index in [1.54, 1.807) is 0 Å². The summed E-state index contributed by atoms with van der Waals surface area (Å²) in [6.45, 7) is 0.815. The van der Waals surface area contributed by atoms with Gasteiger partial charge in [-0.25, -0.2) is 8.78 Å². The lowest BCUT2D eigenvalue weighted by Crippen LogP contribution is -2.36. The molecule has 1 aromatic carbocycles. The number of ether oxygens (including phenoxy) is 1. The van der Waals surface area contributed by atoms with Gasteiger partial charge in [0.1, 0.15) is 17.4 Å². The maximum absolute atomic E-state index is 13.4. The Morgan fingerprint density at radius 1 is 1.36 bits per heavy atom. The molecule has 1 aliphatic rings. The first-order valence-corrected chi connectivity index (χ1v) is 4.48. The van der Waals surface area contributed by atoms with Crippen LogP contribution in [0.5, 0.6) is 5.75 Å². The van der Waals surface area contributed by atoms with E-state index in [1.165, 1.54) is 19.2 Å². The molecule has 14 heavy (non-hydrogen) atoms. The van der Waals surface area contributed by atoms with E-state index < -0.39 is 11.6 Å². The molecule has 0 unspecified atom stereocenters. The van der Waals surface area contributed by atoms with Gasteiger partial charge in [0.25, 0.3) is 0 Å². The molecule has 1 heterocycles. The smallest absolute Gasteiger partial charge is 0.134 e. The Hall–Kier alpha value is -1.16. The molecule has 1 atom stereocenters. The summed E-state index contributed by atoms with van der Waals surface area (Å²) >= 11 is 0. The van der Waals surface area contributed by atoms with Crippen molar-refractivity contribution in [2.75, 3.05) is 13.7 Å². The monoisotopic (exact) mass is 199 g/mol. The first-order chi connectivity index (χ1) is 6.72. The summed E-state index contributed by atoms with van der Waals surface area (Å²) in [4.78, 5) is 0. The average molecular weight is 199 g/mol. The molecule has 76 valence electrons. The Labute approximate surface area is 80.9 Å². The van der Waals surface area contributed by atoms with Gasteiger partial charge in [-0.3, -0.25) is 0 Å². The second-order valence-corrected chi connectivity index (χ2v) is 3.30. The van der Waals surface area contributed by atoms with Gasteiger partial charge < -0.3 is 10.1 Å². The van der Waals surface area contributed by atoms with Gasteiger partial charge in [0, 0.05) is 23.7 Å². The second-order valence-electron chi connectivity index (χ2n) is 3.30. The minimum Gasteiger partial charge on any atom is -0.497 e. The number of methoxy groups -OCH3 is 1. The Kier molecular flexibility index (Phi) is 2.37. The Bertz CT molecular complexity index is 327. The average Bonchev–Trinajstić information content (AvgIpc) is 2.07. The number of rotatable bonds is 2. The molecule has 2 nitrogen and oxygen atoms in total. The van der Waals surface area contributed by atoms with E-state index in [4.69, 9.17) is 4.74 Å². The first kappa shape index (κ1) is 9.40. The number of hydrogen-bond acceptors (Lipinski definition) is 2. The zero-order chi connectivity index (χ0) is 10.1. The van der Waals surface area contributed by atoms with E-state index >= 15 is 0 Å². The normalized spacial score (nSPS) is 20.4. The van der Waals surface area contributed by atoms with Crippen LogP contribution in [0.2, 0.25) is 0 Å². The van der Waals surface area contributed by atoms with Gasteiger partial charge in [-0.1, -0.05) is 0 Å². The molecule has 4 heteroatoms. The molecule has 1 saturated heterocycles. The van der Waals surface area contributed by atoms with Gasteiger partial charge in [-0.05, 0) is 13.0 Å². The van der Waals surface area contributed by atoms with Gasteiger partial charge >= 0.3 is 0 Å². The van der Waals surface area contributed by atoms with Crippen molar-refractivity contribution in [1.29, 1.82) is 0 Å². The lowest BCUT2D eigenvalue weighted by molar-refractivity contribution is 0.350. The first-order valence-electron chi connectivity index (χ1n) is 4.48. The second kappa shape index (κ2) is 3.53. The third-order valence-electron chi connectivity index (χ3n) is 2.46. The quantitative estimate of drug-likeness (QED) is 0.786. The van der Waals surface area contributed by atoms with E-state index in [2.05, 4.69) is 5.32 Å². The van der Waals surface area contributed by atoms with Crippen molar-refractivity contribution >= 4 is 0 Å². The summed E-state index contributed by atoms with van der Waals surface area (Å²) in [6.07, 6.45) is 0.778. The molecule has 0 aliphatic carbocycles. The van der Waals surface area contributed by atoms with Crippen LogP contribution in [0, 0.1) is 11.6 Å². The summed E-state index contributed by atoms with van der Waals surface area (Å²) in [7, 11) is 1.38. The molecule has 1 fully saturated rings. The van der Waals surface area contributed by atoms with Crippen molar-refractivity contribution in [3.63, 3.8) is 0 Å². The van der Waals surface area contributed by atoms with Gasteiger partial charge in [0.05, 0.1) is 7.11 Å². The number of nitrogens with one attached hydrogen (secondary N) is 1. The minimum atomic E-state index is -0.543. The molecule has 0 bridgehead atoms. The van der Waals surface area contributed by atoms with Crippen LogP contribution >= 0.6 is 0 Å². The van der Waals surface area contributed by atoms with Crippen molar-refractivity contribution in [3.8, 4) is 5.75 Å². The lowest BCUT2D eigenvalue weighted by Gasteiger charge is -2.28. The third-order valence-corrected chi connectivity index (χ3v) is 2.46. The van der Waals surface area contributed by atoms with Crippen LogP contribution in [0.15, 0.2) is 12.1 Å². The molecule has 0 spiro atoms. The molecular formula is C10H11F2NO. The highest BCUT2D eigenvalue weighted by molar-refractivity contribution is 5.33. The summed E-state index contributed by atoms with van der Waals surface area (Å²) in [6, 6.07) is 2.23. The molecular weight excluding hydrogens is 188 g/mol. The zero-order valence-corrected chi connectivity index (χ0v) is 7.81. The van der Waals surface area contributed by atoms with Crippen molar-refractivity contribution in [2.24, 2.45) is 0 Å². The van der Waals surface area contributed by atoms with Gasteiger partial charge in [-0.15, -0.1) is 0 Å². The van der Waals surface area contributed by atoms with E-state index in [9.17, 15) is 8.78 Å². The van der Waals surface area contributed by atoms with Crippen LogP contribution in [0.3, 0.4) is 0 Å². The third kappa shape index (κ3) is 1.46. The Balaban J connectivity index is 2.39. The van der Waals surface area contributed by atoms with Crippen LogP contribution < -0.4 is 10.1 Å². The molecule has 1 aromatic rings. The molecule has 0 amide bonds. The number of halogens is 2. The summed E-state index contributed by atoms with van der Waals surface area (Å²) in [5.41, 5.74) is 0.122. The summed E-state index contributed by atoms with van der Waals surface area (Å²) in [5.74, 6) is -0.874. The van der Waals surface area contributed by atoms with Crippen LogP contribution in [0.1, 0.15) is 18.0 Å². The van der Waals surface area contributed by atoms with Crippen LogP contribution in [0.25, 0.3) is 0 Å². The fourth-order valence-corrected chi connectivity index (χ4v) is 1.55. The summed E-state index contributed by atoms with van der Waals surface area (Å²) in [5, 5.41) is 2.96. The van der Waals surface area contributed by atoms with Crippen LogP contribution in [-0.2, 0) is 0 Å². The Morgan fingerprint density at radius 3 is 2.29 bits per heavy atom. The van der Waals surface area contributed by atoms with Crippen molar-refractivity contribution < 1.29 is 13.5 Å². The standard InChI is InChI=1S/C10H11F2NO/c1-14-6-4-7(11)10(8(12)5-6)9-2-3-13-9/h4-5,9,13H,2-3H2,1H3/t9-/m1/s1. The van der Waals surface area contributed by atoms with Crippen molar-refractivity contribution in [1.82, 2.24) is 5.32 Å². The number of benzene rings is 1. The molecule has 2 rings (SSSR count). The molecule has 1 N–H and O–H groups in total. The molecule has 0 radical (unpaired) electrons. The highest BCUT2D eigenvalue weighted by Crippen LogP contribution is 2.30. The summed E-state index contributed by atoms with van der Waals surface area (Å²) < 4.78 is 31.6. The highest BCUT2D eigenvalue weighted by atomic mass is 19.1. The fraction of sp³-hybridized carbons (Fsp3) is 0.400. The largest absolute Gasteiger partial charge is 0.497 e. The molecule has 0 aromatic heterocycles. The number of hydrogen-bond donors (Lipinski definition) is 1. The maximum atomic E-state index is 13.4.